The van der Waals surface area contributed by atoms with Crippen LogP contribution in [-0.4, -0.2) is 10.4 Å². The first kappa shape index (κ1) is 23.8. The highest BCUT2D eigenvalue weighted by atomic mass is 15.2. The minimum absolute atomic E-state index is 0.509. The third-order valence-corrected chi connectivity index (χ3v) is 6.33. The van der Waals surface area contributed by atoms with Gasteiger partial charge in [0, 0.05) is 19.5 Å². The van der Waals surface area contributed by atoms with E-state index in [1.54, 1.807) is 0 Å². The lowest BCUT2D eigenvalue weighted by molar-refractivity contribution is -0.700. The predicted molar refractivity (Wildman–Crippen MR) is 136 cm³/mol. The maximum absolute atomic E-state index is 5.12. The Morgan fingerprint density at radius 3 is 1.88 bits per heavy atom. The first-order chi connectivity index (χ1) is 15.3. The van der Waals surface area contributed by atoms with Crippen molar-refractivity contribution in [2.75, 3.05) is 5.32 Å². The number of hydrogen-bond acceptors (Lipinski definition) is 1. The van der Waals surface area contributed by atoms with Crippen LogP contribution in [0.4, 0.5) is 11.4 Å². The average molecular weight is 432 g/mol. The van der Waals surface area contributed by atoms with Crippen LogP contribution in [0.25, 0.3) is 0 Å². The summed E-state index contributed by atoms with van der Waals surface area (Å²) in [5, 5.41) is 3.65. The van der Waals surface area contributed by atoms with Gasteiger partial charge in [0.15, 0.2) is 0 Å². The fourth-order valence-electron chi connectivity index (χ4n) is 4.17. The molecule has 4 heteroatoms. The normalized spacial score (nSPS) is 12.1. The standard InChI is InChI=1S/C28H39N4/c1-9-31-21(7)22(8)32(10-2)28(31)27(29-25-15-11-23(12-16-25)19(3)4)30-26-17-13-24(14-18-26)20(5)6/h11-20H,9-10H2,1-8H3,(H,29,30)/q+1. The molecule has 2 aromatic carbocycles. The van der Waals surface area contributed by atoms with Gasteiger partial charge in [0.1, 0.15) is 11.4 Å². The van der Waals surface area contributed by atoms with Crippen molar-refractivity contribution in [2.45, 2.75) is 80.3 Å². The number of anilines is 1. The lowest BCUT2D eigenvalue weighted by Crippen LogP contribution is -2.43. The zero-order valence-corrected chi connectivity index (χ0v) is 21.0. The smallest absolute Gasteiger partial charge is 0.325 e. The molecule has 4 nitrogen and oxygen atoms in total. The van der Waals surface area contributed by atoms with Crippen molar-refractivity contribution in [3.63, 3.8) is 0 Å². The van der Waals surface area contributed by atoms with Crippen LogP contribution in [0.5, 0.6) is 0 Å². The molecule has 3 aromatic rings. The Balaban J connectivity index is 2.12. The number of imidazole rings is 1. The van der Waals surface area contributed by atoms with E-state index < -0.39 is 0 Å². The quantitative estimate of drug-likeness (QED) is 0.247. The first-order valence-corrected chi connectivity index (χ1v) is 11.9. The van der Waals surface area contributed by atoms with Crippen LogP contribution in [0, 0.1) is 13.8 Å². The molecule has 170 valence electrons. The van der Waals surface area contributed by atoms with Crippen LogP contribution in [0.15, 0.2) is 53.5 Å². The zero-order valence-electron chi connectivity index (χ0n) is 21.0. The highest BCUT2D eigenvalue weighted by Crippen LogP contribution is 2.22. The SMILES string of the molecule is CCn1c(C)c(C)[n+](CC)c1C(=Nc1ccc(C(C)C)cc1)Nc1ccc(C(C)C)cc1. The number of aromatic nitrogens is 2. The molecule has 0 spiro atoms. The van der Waals surface area contributed by atoms with Crippen LogP contribution in [0.3, 0.4) is 0 Å². The summed E-state index contributed by atoms with van der Waals surface area (Å²) in [6, 6.07) is 17.3. The number of nitrogens with zero attached hydrogens (tertiary/aromatic N) is 3. The molecule has 0 amide bonds. The van der Waals surface area contributed by atoms with Crippen molar-refractivity contribution in [2.24, 2.45) is 4.99 Å². The predicted octanol–water partition coefficient (Wildman–Crippen LogP) is 6.87. The van der Waals surface area contributed by atoms with E-state index in [-0.39, 0.29) is 0 Å². The van der Waals surface area contributed by atoms with Gasteiger partial charge in [-0.15, -0.1) is 0 Å². The molecule has 32 heavy (non-hydrogen) atoms. The second-order valence-electron chi connectivity index (χ2n) is 9.09. The van der Waals surface area contributed by atoms with Crippen LogP contribution >= 0.6 is 0 Å². The second-order valence-corrected chi connectivity index (χ2v) is 9.09. The maximum atomic E-state index is 5.12. The van der Waals surface area contributed by atoms with Crippen molar-refractivity contribution in [3.05, 3.63) is 76.9 Å². The summed E-state index contributed by atoms with van der Waals surface area (Å²) >= 11 is 0. The largest absolute Gasteiger partial charge is 0.333 e. The number of benzene rings is 2. The van der Waals surface area contributed by atoms with Crippen LogP contribution in [0.2, 0.25) is 0 Å². The molecule has 0 atom stereocenters. The van der Waals surface area contributed by atoms with Crippen LogP contribution in [-0.2, 0) is 13.1 Å². The van der Waals surface area contributed by atoms with Crippen LogP contribution < -0.4 is 9.88 Å². The molecule has 3 rings (SSSR count). The van der Waals surface area contributed by atoms with E-state index in [9.17, 15) is 0 Å². The molecule has 0 saturated carbocycles. The average Bonchev–Trinajstić information content (AvgIpc) is 3.03. The lowest BCUT2D eigenvalue weighted by atomic mass is 10.0. The molecule has 0 unspecified atom stereocenters. The Morgan fingerprint density at radius 1 is 0.875 bits per heavy atom. The summed E-state index contributed by atoms with van der Waals surface area (Å²) in [7, 11) is 0. The molecule has 0 fully saturated rings. The van der Waals surface area contributed by atoms with E-state index in [1.807, 2.05) is 0 Å². The summed E-state index contributed by atoms with van der Waals surface area (Å²) in [6.45, 7) is 19.5. The molecule has 1 heterocycles. The molecule has 0 saturated heterocycles. The number of aliphatic imine (C=N–C) groups is 1. The minimum atomic E-state index is 0.509. The lowest BCUT2D eigenvalue weighted by Gasteiger charge is -2.12. The van der Waals surface area contributed by atoms with Crippen molar-refractivity contribution in [1.82, 2.24) is 4.57 Å². The number of amidine groups is 1. The van der Waals surface area contributed by atoms with Crippen molar-refractivity contribution in [1.29, 1.82) is 0 Å². The molecule has 0 bridgehead atoms. The summed E-state index contributed by atoms with van der Waals surface area (Å²) in [4.78, 5) is 5.12. The van der Waals surface area contributed by atoms with Gasteiger partial charge in [0.25, 0.3) is 0 Å². The fourth-order valence-corrected chi connectivity index (χ4v) is 4.17. The summed E-state index contributed by atoms with van der Waals surface area (Å²) < 4.78 is 4.71. The second kappa shape index (κ2) is 10.2. The highest BCUT2D eigenvalue weighted by molar-refractivity contribution is 6.06. The molecular weight excluding hydrogens is 392 g/mol. The Bertz CT molecular complexity index is 1040. The van der Waals surface area contributed by atoms with Crippen molar-refractivity contribution in [3.8, 4) is 0 Å². The minimum Gasteiger partial charge on any atom is -0.333 e. The van der Waals surface area contributed by atoms with Crippen molar-refractivity contribution >= 4 is 17.2 Å². The molecule has 0 aliphatic heterocycles. The molecule has 1 N–H and O–H groups in total. The van der Waals surface area contributed by atoms with Gasteiger partial charge in [-0.3, -0.25) is 0 Å². The summed E-state index contributed by atoms with van der Waals surface area (Å²) in [5.41, 5.74) is 7.24. The van der Waals surface area contributed by atoms with Crippen LogP contribution in [0.1, 0.15) is 81.7 Å². The molecule has 0 radical (unpaired) electrons. The van der Waals surface area contributed by atoms with E-state index >= 15 is 0 Å². The van der Waals surface area contributed by atoms with Gasteiger partial charge in [-0.2, -0.15) is 0 Å². The van der Waals surface area contributed by atoms with E-state index in [1.165, 1.54) is 22.5 Å². The van der Waals surface area contributed by atoms with E-state index in [2.05, 4.69) is 118 Å². The zero-order chi connectivity index (χ0) is 23.4. The topological polar surface area (TPSA) is 33.2 Å². The Kier molecular flexibility index (Phi) is 7.55. The molecule has 0 aliphatic rings. The third kappa shape index (κ3) is 4.95. The van der Waals surface area contributed by atoms with Gasteiger partial charge in [-0.1, -0.05) is 52.0 Å². The third-order valence-electron chi connectivity index (χ3n) is 6.33. The van der Waals surface area contributed by atoms with Gasteiger partial charge < -0.3 is 5.32 Å². The number of hydrogen-bond donors (Lipinski definition) is 1. The van der Waals surface area contributed by atoms with Gasteiger partial charge in [-0.25, -0.2) is 14.1 Å². The number of rotatable bonds is 7. The van der Waals surface area contributed by atoms with Gasteiger partial charge in [0.05, 0.1) is 18.8 Å². The van der Waals surface area contributed by atoms with Gasteiger partial charge in [-0.05, 0) is 61.1 Å². The summed E-state index contributed by atoms with van der Waals surface area (Å²) in [6.07, 6.45) is 0. The Morgan fingerprint density at radius 2 is 1.41 bits per heavy atom. The molecule has 1 aromatic heterocycles. The van der Waals surface area contributed by atoms with E-state index in [0.717, 1.165) is 36.1 Å². The van der Waals surface area contributed by atoms with Gasteiger partial charge in [0.2, 0.25) is 5.84 Å². The van der Waals surface area contributed by atoms with E-state index in [4.69, 9.17) is 4.99 Å². The maximum Gasteiger partial charge on any atom is 0.325 e. The van der Waals surface area contributed by atoms with Crippen molar-refractivity contribution < 1.29 is 4.57 Å². The van der Waals surface area contributed by atoms with E-state index in [0.29, 0.717) is 11.8 Å². The molecule has 0 aliphatic carbocycles. The Labute approximate surface area is 194 Å². The van der Waals surface area contributed by atoms with Gasteiger partial charge >= 0.3 is 5.82 Å². The fraction of sp³-hybridized carbons (Fsp3) is 0.429. The monoisotopic (exact) mass is 431 g/mol. The summed E-state index contributed by atoms with van der Waals surface area (Å²) in [5.74, 6) is 3.02. The molecular formula is C28H39N4+. The first-order valence-electron chi connectivity index (χ1n) is 11.9. The Hall–Kier alpha value is -2.88. The number of nitrogens with one attached hydrogen (secondary N) is 1. The highest BCUT2D eigenvalue weighted by Gasteiger charge is 2.28.